The first-order valence-corrected chi connectivity index (χ1v) is 10.1. The number of aliphatic hydroxyl groups is 1. The lowest BCUT2D eigenvalue weighted by Crippen LogP contribution is -2.39. The van der Waals surface area contributed by atoms with E-state index in [1.54, 1.807) is 0 Å². The number of likely N-dealkylation sites (tertiary alicyclic amines) is 1. The van der Waals surface area contributed by atoms with E-state index in [0.717, 1.165) is 24.0 Å². The number of carbonyl (C=O) groups is 1. The normalized spacial score (nSPS) is 16.0. The lowest BCUT2D eigenvalue weighted by molar-refractivity contribution is -0.133. The van der Waals surface area contributed by atoms with Gasteiger partial charge in [-0.1, -0.05) is 48.5 Å². The summed E-state index contributed by atoms with van der Waals surface area (Å²) in [5, 5.41) is 18.7. The van der Waals surface area contributed by atoms with E-state index >= 15 is 0 Å². The lowest BCUT2D eigenvalue weighted by Gasteiger charge is -2.34. The maximum absolute atomic E-state index is 12.6. The molecular weight excluding hydrogens is 366 g/mol. The van der Waals surface area contributed by atoms with Crippen molar-refractivity contribution in [1.29, 1.82) is 0 Å². The molecule has 6 heteroatoms. The highest BCUT2D eigenvalue weighted by Gasteiger charge is 2.28. The summed E-state index contributed by atoms with van der Waals surface area (Å²) >= 11 is 0. The Kier molecular flexibility index (Phi) is 6.00. The van der Waals surface area contributed by atoms with Crippen molar-refractivity contribution in [3.63, 3.8) is 0 Å². The summed E-state index contributed by atoms with van der Waals surface area (Å²) in [5.41, 5.74) is 1.82. The summed E-state index contributed by atoms with van der Waals surface area (Å²) in [6.45, 7) is 1.35. The van der Waals surface area contributed by atoms with Crippen LogP contribution in [0.15, 0.2) is 65.1 Å². The minimum atomic E-state index is -0.469. The van der Waals surface area contributed by atoms with E-state index in [4.69, 9.17) is 4.42 Å². The zero-order valence-corrected chi connectivity index (χ0v) is 16.3. The molecule has 1 saturated heterocycles. The fourth-order valence-corrected chi connectivity index (χ4v) is 3.81. The van der Waals surface area contributed by atoms with Crippen LogP contribution in [0.1, 0.15) is 36.8 Å². The SMILES string of the molecule is O=C(CCc1nnc(-c2ccccc2)o1)N1CCC([C@@H](O)c2ccccc2)CC1. The van der Waals surface area contributed by atoms with Gasteiger partial charge in [-0.2, -0.15) is 0 Å². The van der Waals surface area contributed by atoms with Gasteiger partial charge in [-0.25, -0.2) is 0 Å². The van der Waals surface area contributed by atoms with Gasteiger partial charge in [0.05, 0.1) is 6.10 Å². The number of amides is 1. The Labute approximate surface area is 170 Å². The number of carbonyl (C=O) groups excluding carboxylic acids is 1. The second-order valence-corrected chi connectivity index (χ2v) is 7.44. The maximum Gasteiger partial charge on any atom is 0.247 e. The number of rotatable bonds is 6. The monoisotopic (exact) mass is 391 g/mol. The fourth-order valence-electron chi connectivity index (χ4n) is 3.81. The summed E-state index contributed by atoms with van der Waals surface area (Å²) in [7, 11) is 0. The minimum Gasteiger partial charge on any atom is -0.421 e. The van der Waals surface area contributed by atoms with Gasteiger partial charge in [0.1, 0.15) is 0 Å². The molecule has 0 saturated carbocycles. The molecule has 0 radical (unpaired) electrons. The van der Waals surface area contributed by atoms with E-state index < -0.39 is 6.10 Å². The number of aliphatic hydroxyl groups excluding tert-OH is 1. The van der Waals surface area contributed by atoms with Crippen molar-refractivity contribution in [2.75, 3.05) is 13.1 Å². The van der Waals surface area contributed by atoms with Gasteiger partial charge in [-0.3, -0.25) is 4.79 Å². The molecular formula is C23H25N3O3. The predicted molar refractivity (Wildman–Crippen MR) is 109 cm³/mol. The maximum atomic E-state index is 12.6. The Morgan fingerprint density at radius 3 is 2.38 bits per heavy atom. The summed E-state index contributed by atoms with van der Waals surface area (Å²) in [6, 6.07) is 19.3. The van der Waals surface area contributed by atoms with Crippen molar-refractivity contribution in [3.8, 4) is 11.5 Å². The van der Waals surface area contributed by atoms with Crippen molar-refractivity contribution >= 4 is 5.91 Å². The van der Waals surface area contributed by atoms with Crippen LogP contribution in [0, 0.1) is 5.92 Å². The number of hydrogen-bond acceptors (Lipinski definition) is 5. The van der Waals surface area contributed by atoms with Crippen molar-refractivity contribution < 1.29 is 14.3 Å². The molecule has 2 aromatic carbocycles. The summed E-state index contributed by atoms with van der Waals surface area (Å²) in [4.78, 5) is 14.4. The molecule has 150 valence electrons. The quantitative estimate of drug-likeness (QED) is 0.694. The smallest absolute Gasteiger partial charge is 0.247 e. The average Bonchev–Trinajstić information content (AvgIpc) is 3.27. The van der Waals surface area contributed by atoms with Gasteiger partial charge in [0.25, 0.3) is 0 Å². The van der Waals surface area contributed by atoms with Crippen molar-refractivity contribution in [1.82, 2.24) is 15.1 Å². The molecule has 0 unspecified atom stereocenters. The molecule has 0 spiro atoms. The molecule has 4 rings (SSSR count). The Morgan fingerprint density at radius 2 is 1.69 bits per heavy atom. The third-order valence-corrected chi connectivity index (χ3v) is 5.52. The second kappa shape index (κ2) is 9.01. The van der Waals surface area contributed by atoms with E-state index in [1.807, 2.05) is 65.6 Å². The molecule has 1 aliphatic rings. The molecule has 0 bridgehead atoms. The fraction of sp³-hybridized carbons (Fsp3) is 0.348. The van der Waals surface area contributed by atoms with Crippen molar-refractivity contribution in [3.05, 3.63) is 72.1 Å². The number of nitrogens with zero attached hydrogens (tertiary/aromatic N) is 3. The zero-order valence-electron chi connectivity index (χ0n) is 16.3. The number of piperidine rings is 1. The van der Waals surface area contributed by atoms with Crippen LogP contribution in [0.4, 0.5) is 0 Å². The summed E-state index contributed by atoms with van der Waals surface area (Å²) < 4.78 is 5.68. The highest BCUT2D eigenvalue weighted by atomic mass is 16.4. The third kappa shape index (κ3) is 4.71. The lowest BCUT2D eigenvalue weighted by atomic mass is 9.87. The number of benzene rings is 2. The van der Waals surface area contributed by atoms with E-state index in [-0.39, 0.29) is 11.8 Å². The van der Waals surface area contributed by atoms with Gasteiger partial charge in [0.2, 0.25) is 17.7 Å². The van der Waals surface area contributed by atoms with Crippen molar-refractivity contribution in [2.24, 2.45) is 5.92 Å². The largest absolute Gasteiger partial charge is 0.421 e. The Balaban J connectivity index is 1.26. The van der Waals surface area contributed by atoms with Crippen LogP contribution in [-0.4, -0.2) is 39.2 Å². The topological polar surface area (TPSA) is 79.5 Å². The molecule has 1 N–H and O–H groups in total. The predicted octanol–water partition coefficient (Wildman–Crippen LogP) is 3.64. The van der Waals surface area contributed by atoms with Gasteiger partial charge in [0, 0.05) is 31.5 Å². The number of aromatic nitrogens is 2. The molecule has 3 aromatic rings. The molecule has 29 heavy (non-hydrogen) atoms. The Hall–Kier alpha value is -2.99. The van der Waals surface area contributed by atoms with Crippen LogP contribution < -0.4 is 0 Å². The third-order valence-electron chi connectivity index (χ3n) is 5.52. The Morgan fingerprint density at radius 1 is 1.03 bits per heavy atom. The van der Waals surface area contributed by atoms with E-state index in [1.165, 1.54) is 0 Å². The number of aryl methyl sites for hydroxylation is 1. The highest BCUT2D eigenvalue weighted by Crippen LogP contribution is 2.30. The van der Waals surface area contributed by atoms with Gasteiger partial charge in [-0.15, -0.1) is 10.2 Å². The molecule has 1 aromatic heterocycles. The van der Waals surface area contributed by atoms with Crippen LogP contribution in [-0.2, 0) is 11.2 Å². The number of hydrogen-bond donors (Lipinski definition) is 1. The van der Waals surface area contributed by atoms with E-state index in [0.29, 0.717) is 37.7 Å². The van der Waals surface area contributed by atoms with Gasteiger partial charge < -0.3 is 14.4 Å². The molecule has 1 amide bonds. The van der Waals surface area contributed by atoms with E-state index in [2.05, 4.69) is 10.2 Å². The zero-order chi connectivity index (χ0) is 20.1. The van der Waals surface area contributed by atoms with Gasteiger partial charge in [-0.05, 0) is 36.5 Å². The standard InChI is InChI=1S/C23H25N3O3/c27-21(12-11-20-24-25-23(29-20)19-9-5-2-6-10-19)26-15-13-18(14-16-26)22(28)17-7-3-1-4-8-17/h1-10,18,22,28H,11-16H2/t22-/m0/s1. The Bertz CT molecular complexity index is 919. The molecule has 6 nitrogen and oxygen atoms in total. The van der Waals surface area contributed by atoms with Gasteiger partial charge in [0.15, 0.2) is 0 Å². The van der Waals surface area contributed by atoms with Crippen LogP contribution in [0.2, 0.25) is 0 Å². The first-order chi connectivity index (χ1) is 14.2. The van der Waals surface area contributed by atoms with Gasteiger partial charge >= 0.3 is 0 Å². The molecule has 2 heterocycles. The van der Waals surface area contributed by atoms with Crippen LogP contribution >= 0.6 is 0 Å². The molecule has 1 aliphatic heterocycles. The summed E-state index contributed by atoms with van der Waals surface area (Å²) in [5.74, 6) is 1.23. The molecule has 1 atom stereocenters. The van der Waals surface area contributed by atoms with E-state index in [9.17, 15) is 9.90 Å². The average molecular weight is 391 g/mol. The highest BCUT2D eigenvalue weighted by molar-refractivity contribution is 5.76. The minimum absolute atomic E-state index is 0.0945. The summed E-state index contributed by atoms with van der Waals surface area (Å²) in [6.07, 6.45) is 1.93. The molecule has 1 fully saturated rings. The first kappa shape index (κ1) is 19.3. The first-order valence-electron chi connectivity index (χ1n) is 10.1. The van der Waals surface area contributed by atoms with Crippen LogP contribution in [0.3, 0.4) is 0 Å². The van der Waals surface area contributed by atoms with Crippen LogP contribution in [0.25, 0.3) is 11.5 Å². The molecule has 0 aliphatic carbocycles. The van der Waals surface area contributed by atoms with Crippen LogP contribution in [0.5, 0.6) is 0 Å². The second-order valence-electron chi connectivity index (χ2n) is 7.44. The van der Waals surface area contributed by atoms with Crippen molar-refractivity contribution in [2.45, 2.75) is 31.8 Å².